The first-order chi connectivity index (χ1) is 13.2. The Morgan fingerprint density at radius 1 is 1.04 bits per heavy atom. The fourth-order valence-corrected chi connectivity index (χ4v) is 3.04. The number of amides is 1. The van der Waals surface area contributed by atoms with Crippen LogP contribution in [0.3, 0.4) is 0 Å². The van der Waals surface area contributed by atoms with Crippen molar-refractivity contribution < 1.29 is 4.79 Å². The Labute approximate surface area is 160 Å². The van der Waals surface area contributed by atoms with Crippen molar-refractivity contribution in [3.05, 3.63) is 78.1 Å². The lowest BCUT2D eigenvalue weighted by molar-refractivity contribution is 0.0952. The second-order valence-corrected chi connectivity index (χ2v) is 6.61. The van der Waals surface area contributed by atoms with E-state index in [0.29, 0.717) is 12.1 Å². The van der Waals surface area contributed by atoms with Gasteiger partial charge in [-0.1, -0.05) is 36.4 Å². The van der Waals surface area contributed by atoms with E-state index in [0.717, 1.165) is 30.8 Å². The molecule has 1 aromatic heterocycles. The van der Waals surface area contributed by atoms with Gasteiger partial charge in [0, 0.05) is 25.8 Å². The predicted molar refractivity (Wildman–Crippen MR) is 110 cm³/mol. The van der Waals surface area contributed by atoms with Gasteiger partial charge in [0.25, 0.3) is 5.91 Å². The third-order valence-corrected chi connectivity index (χ3v) is 4.66. The fourth-order valence-electron chi connectivity index (χ4n) is 3.04. The van der Waals surface area contributed by atoms with E-state index < -0.39 is 0 Å². The van der Waals surface area contributed by atoms with Crippen LogP contribution in [-0.4, -0.2) is 35.8 Å². The molecule has 0 aliphatic rings. The zero-order valence-corrected chi connectivity index (χ0v) is 15.9. The van der Waals surface area contributed by atoms with Crippen molar-refractivity contribution in [2.45, 2.75) is 19.8 Å². The molecule has 0 atom stereocenters. The van der Waals surface area contributed by atoms with Gasteiger partial charge in [-0.25, -0.2) is 4.68 Å². The number of benzene rings is 2. The summed E-state index contributed by atoms with van der Waals surface area (Å²) in [4.78, 5) is 14.7. The van der Waals surface area contributed by atoms with Crippen molar-refractivity contribution >= 4 is 11.6 Å². The lowest BCUT2D eigenvalue weighted by atomic mass is 10.2. The van der Waals surface area contributed by atoms with E-state index in [1.807, 2.05) is 55.5 Å². The standard InChI is InChI=1S/C22H26N4O/c1-18-21(17-24-26(18)20-13-7-4-8-14-20)22(27)23-15-9-10-16-25(2)19-11-5-3-6-12-19/h3-8,11-14,17H,9-10,15-16H2,1-2H3,(H,23,27). The van der Waals surface area contributed by atoms with E-state index in [9.17, 15) is 4.79 Å². The Morgan fingerprint density at radius 3 is 2.41 bits per heavy atom. The molecule has 27 heavy (non-hydrogen) atoms. The summed E-state index contributed by atoms with van der Waals surface area (Å²) in [7, 11) is 2.09. The number of unbranched alkanes of at least 4 members (excludes halogenated alkanes) is 1. The SMILES string of the molecule is Cc1c(C(=O)NCCCCN(C)c2ccccc2)cnn1-c1ccccc1. The van der Waals surface area contributed by atoms with Crippen LogP contribution in [0, 0.1) is 6.92 Å². The van der Waals surface area contributed by atoms with Crippen molar-refractivity contribution in [1.82, 2.24) is 15.1 Å². The molecule has 140 valence electrons. The Kier molecular flexibility index (Phi) is 6.26. The van der Waals surface area contributed by atoms with E-state index in [1.165, 1.54) is 5.69 Å². The minimum Gasteiger partial charge on any atom is -0.375 e. The highest BCUT2D eigenvalue weighted by Crippen LogP contribution is 2.14. The number of nitrogens with one attached hydrogen (secondary N) is 1. The number of carbonyl (C=O) groups is 1. The number of aromatic nitrogens is 2. The number of anilines is 1. The first kappa shape index (κ1) is 18.7. The maximum absolute atomic E-state index is 12.5. The van der Waals surface area contributed by atoms with Crippen LogP contribution in [0.1, 0.15) is 28.9 Å². The number of carbonyl (C=O) groups excluding carboxylic acids is 1. The van der Waals surface area contributed by atoms with E-state index >= 15 is 0 Å². The zero-order valence-electron chi connectivity index (χ0n) is 15.9. The van der Waals surface area contributed by atoms with E-state index in [-0.39, 0.29) is 5.91 Å². The molecule has 1 heterocycles. The van der Waals surface area contributed by atoms with Crippen molar-refractivity contribution in [2.24, 2.45) is 0 Å². The molecule has 0 spiro atoms. The molecule has 3 rings (SSSR count). The third kappa shape index (κ3) is 4.76. The molecule has 0 aliphatic carbocycles. The average molecular weight is 362 g/mol. The van der Waals surface area contributed by atoms with Gasteiger partial charge >= 0.3 is 0 Å². The largest absolute Gasteiger partial charge is 0.375 e. The zero-order chi connectivity index (χ0) is 19.1. The molecule has 5 heteroatoms. The number of hydrogen-bond acceptors (Lipinski definition) is 3. The third-order valence-electron chi connectivity index (χ3n) is 4.66. The van der Waals surface area contributed by atoms with Crippen LogP contribution in [0.15, 0.2) is 66.9 Å². The molecule has 0 saturated heterocycles. The summed E-state index contributed by atoms with van der Waals surface area (Å²) in [5.41, 5.74) is 3.64. The second-order valence-electron chi connectivity index (χ2n) is 6.61. The summed E-state index contributed by atoms with van der Waals surface area (Å²) in [6.45, 7) is 3.55. The predicted octanol–water partition coefficient (Wildman–Crippen LogP) is 3.83. The molecule has 2 aromatic carbocycles. The minimum atomic E-state index is -0.0638. The van der Waals surface area contributed by atoms with Crippen LogP contribution < -0.4 is 10.2 Å². The molecule has 1 amide bonds. The molecule has 1 N–H and O–H groups in total. The molecular weight excluding hydrogens is 336 g/mol. The van der Waals surface area contributed by atoms with E-state index in [1.54, 1.807) is 10.9 Å². The highest BCUT2D eigenvalue weighted by Gasteiger charge is 2.14. The van der Waals surface area contributed by atoms with Crippen LogP contribution >= 0.6 is 0 Å². The lowest BCUT2D eigenvalue weighted by Crippen LogP contribution is -2.26. The van der Waals surface area contributed by atoms with Crippen molar-refractivity contribution in [2.75, 3.05) is 25.0 Å². The Morgan fingerprint density at radius 2 is 1.70 bits per heavy atom. The Bertz CT molecular complexity index is 859. The number of nitrogens with zero attached hydrogens (tertiary/aromatic N) is 3. The van der Waals surface area contributed by atoms with Crippen LogP contribution in [0.2, 0.25) is 0 Å². The van der Waals surface area contributed by atoms with Crippen LogP contribution in [0.4, 0.5) is 5.69 Å². The number of hydrogen-bond donors (Lipinski definition) is 1. The quantitative estimate of drug-likeness (QED) is 0.620. The molecular formula is C22H26N4O. The minimum absolute atomic E-state index is 0.0638. The topological polar surface area (TPSA) is 50.2 Å². The summed E-state index contributed by atoms with van der Waals surface area (Å²) in [5.74, 6) is -0.0638. The molecule has 0 saturated carbocycles. The highest BCUT2D eigenvalue weighted by molar-refractivity contribution is 5.95. The fraction of sp³-hybridized carbons (Fsp3) is 0.273. The maximum atomic E-state index is 12.5. The summed E-state index contributed by atoms with van der Waals surface area (Å²) in [6, 6.07) is 20.2. The highest BCUT2D eigenvalue weighted by atomic mass is 16.1. The summed E-state index contributed by atoms with van der Waals surface area (Å²) in [6.07, 6.45) is 3.60. The van der Waals surface area contributed by atoms with Crippen LogP contribution in [-0.2, 0) is 0 Å². The van der Waals surface area contributed by atoms with Crippen LogP contribution in [0.25, 0.3) is 5.69 Å². The molecule has 5 nitrogen and oxygen atoms in total. The van der Waals surface area contributed by atoms with E-state index in [4.69, 9.17) is 0 Å². The maximum Gasteiger partial charge on any atom is 0.254 e. The van der Waals surface area contributed by atoms with Crippen molar-refractivity contribution in [3.8, 4) is 5.69 Å². The van der Waals surface area contributed by atoms with Gasteiger partial charge in [0.05, 0.1) is 23.1 Å². The van der Waals surface area contributed by atoms with Gasteiger partial charge in [-0.05, 0) is 44.0 Å². The molecule has 0 bridgehead atoms. The second kappa shape index (κ2) is 9.03. The van der Waals surface area contributed by atoms with E-state index in [2.05, 4.69) is 34.5 Å². The summed E-state index contributed by atoms with van der Waals surface area (Å²) in [5, 5.41) is 7.36. The molecule has 0 radical (unpaired) electrons. The number of para-hydroxylation sites is 2. The number of rotatable bonds is 8. The average Bonchev–Trinajstić information content (AvgIpc) is 3.10. The monoisotopic (exact) mass is 362 g/mol. The first-order valence-corrected chi connectivity index (χ1v) is 9.31. The molecule has 0 aliphatic heterocycles. The Hall–Kier alpha value is -3.08. The van der Waals surface area contributed by atoms with Crippen LogP contribution in [0.5, 0.6) is 0 Å². The van der Waals surface area contributed by atoms with Gasteiger partial charge in [0.15, 0.2) is 0 Å². The smallest absolute Gasteiger partial charge is 0.254 e. The molecule has 3 aromatic rings. The molecule has 0 unspecified atom stereocenters. The van der Waals surface area contributed by atoms with Gasteiger partial charge in [-0.15, -0.1) is 0 Å². The van der Waals surface area contributed by atoms with Gasteiger partial charge in [-0.3, -0.25) is 4.79 Å². The summed E-state index contributed by atoms with van der Waals surface area (Å²) >= 11 is 0. The van der Waals surface area contributed by atoms with Gasteiger partial charge in [0.2, 0.25) is 0 Å². The van der Waals surface area contributed by atoms with Gasteiger partial charge < -0.3 is 10.2 Å². The first-order valence-electron chi connectivity index (χ1n) is 9.31. The van der Waals surface area contributed by atoms with Crippen molar-refractivity contribution in [3.63, 3.8) is 0 Å². The summed E-state index contributed by atoms with van der Waals surface area (Å²) < 4.78 is 1.80. The molecule has 0 fully saturated rings. The van der Waals surface area contributed by atoms with Gasteiger partial charge in [0.1, 0.15) is 0 Å². The van der Waals surface area contributed by atoms with Gasteiger partial charge in [-0.2, -0.15) is 5.10 Å². The normalized spacial score (nSPS) is 10.6. The lowest BCUT2D eigenvalue weighted by Gasteiger charge is -2.19. The van der Waals surface area contributed by atoms with Crippen molar-refractivity contribution in [1.29, 1.82) is 0 Å². The Balaban J connectivity index is 1.46.